The lowest BCUT2D eigenvalue weighted by atomic mass is 10.0. The summed E-state index contributed by atoms with van der Waals surface area (Å²) in [7, 11) is 0. The van der Waals surface area contributed by atoms with Crippen LogP contribution >= 0.6 is 11.3 Å². The molecule has 2 heterocycles. The Kier molecular flexibility index (Phi) is 5.63. The van der Waals surface area contributed by atoms with Crippen LogP contribution in [0.5, 0.6) is 0 Å². The van der Waals surface area contributed by atoms with E-state index in [1.807, 2.05) is 0 Å². The first-order valence-electron chi connectivity index (χ1n) is 8.44. The van der Waals surface area contributed by atoms with Crippen LogP contribution in [0.15, 0.2) is 41.1 Å². The van der Waals surface area contributed by atoms with E-state index < -0.39 is 5.82 Å². The number of piperidine rings is 1. The Morgan fingerprint density at radius 2 is 2.08 bits per heavy atom. The summed E-state index contributed by atoms with van der Waals surface area (Å²) in [6.45, 7) is 3.56. The second-order valence-corrected chi connectivity index (χ2v) is 7.23. The molecule has 5 heteroatoms. The first-order chi connectivity index (χ1) is 11.6. The second-order valence-electron chi connectivity index (χ2n) is 6.45. The quantitative estimate of drug-likeness (QED) is 0.895. The molecule has 1 fully saturated rings. The number of nitrogens with one attached hydrogen (secondary N) is 1. The molecule has 0 spiro atoms. The number of benzene rings is 1. The third-order valence-corrected chi connectivity index (χ3v) is 5.26. The molecule has 3 rings (SSSR count). The molecule has 1 atom stereocenters. The Morgan fingerprint density at radius 3 is 2.75 bits per heavy atom. The molecule has 0 aliphatic carbocycles. The van der Waals surface area contributed by atoms with Crippen LogP contribution < -0.4 is 5.32 Å². The van der Waals surface area contributed by atoms with Crippen molar-refractivity contribution in [3.8, 4) is 0 Å². The predicted octanol–water partition coefficient (Wildman–Crippen LogP) is 3.71. The van der Waals surface area contributed by atoms with Crippen LogP contribution in [-0.2, 0) is 6.42 Å². The first-order valence-corrected chi connectivity index (χ1v) is 9.38. The average molecular weight is 346 g/mol. The Hall–Kier alpha value is -1.72. The van der Waals surface area contributed by atoms with Crippen molar-refractivity contribution in [2.75, 3.05) is 13.1 Å². The lowest BCUT2D eigenvalue weighted by molar-refractivity contribution is 0.0698. The van der Waals surface area contributed by atoms with E-state index in [0.29, 0.717) is 25.2 Å². The van der Waals surface area contributed by atoms with Crippen LogP contribution in [0.2, 0.25) is 0 Å². The fourth-order valence-electron chi connectivity index (χ4n) is 3.28. The van der Waals surface area contributed by atoms with E-state index >= 15 is 0 Å². The highest BCUT2D eigenvalue weighted by Crippen LogP contribution is 2.17. The van der Waals surface area contributed by atoms with Crippen molar-refractivity contribution in [3.05, 3.63) is 58.0 Å². The molecule has 24 heavy (non-hydrogen) atoms. The predicted molar refractivity (Wildman–Crippen MR) is 95.9 cm³/mol. The Morgan fingerprint density at radius 1 is 1.33 bits per heavy atom. The average Bonchev–Trinajstić information content (AvgIpc) is 3.08. The van der Waals surface area contributed by atoms with E-state index in [0.717, 1.165) is 19.3 Å². The fraction of sp³-hybridized carbons (Fsp3) is 0.421. The van der Waals surface area contributed by atoms with Crippen LogP contribution in [0.3, 0.4) is 0 Å². The van der Waals surface area contributed by atoms with Crippen LogP contribution in [0.1, 0.15) is 35.7 Å². The van der Waals surface area contributed by atoms with Crippen LogP contribution in [0.25, 0.3) is 0 Å². The van der Waals surface area contributed by atoms with E-state index in [9.17, 15) is 9.18 Å². The van der Waals surface area contributed by atoms with Gasteiger partial charge in [-0.1, -0.05) is 12.1 Å². The minimum Gasteiger partial charge on any atom is -0.338 e. The maximum Gasteiger partial charge on any atom is 0.256 e. The van der Waals surface area contributed by atoms with Gasteiger partial charge in [-0.3, -0.25) is 4.79 Å². The molecule has 0 unspecified atom stereocenters. The number of likely N-dealkylation sites (tertiary alicyclic amines) is 1. The maximum absolute atomic E-state index is 13.8. The molecule has 1 aliphatic rings. The summed E-state index contributed by atoms with van der Waals surface area (Å²) in [4.78, 5) is 14.2. The van der Waals surface area contributed by atoms with Crippen molar-refractivity contribution < 1.29 is 9.18 Å². The largest absolute Gasteiger partial charge is 0.338 e. The Labute approximate surface area is 146 Å². The number of thiophene rings is 1. The highest BCUT2D eigenvalue weighted by Gasteiger charge is 2.25. The van der Waals surface area contributed by atoms with Crippen molar-refractivity contribution in [3.63, 3.8) is 0 Å². The van der Waals surface area contributed by atoms with Gasteiger partial charge in [0, 0.05) is 25.2 Å². The first kappa shape index (κ1) is 17.1. The number of rotatable bonds is 5. The van der Waals surface area contributed by atoms with E-state index in [1.54, 1.807) is 34.4 Å². The number of hydrogen-bond acceptors (Lipinski definition) is 3. The van der Waals surface area contributed by atoms with Gasteiger partial charge in [-0.25, -0.2) is 4.39 Å². The molecule has 3 nitrogen and oxygen atoms in total. The summed E-state index contributed by atoms with van der Waals surface area (Å²) >= 11 is 1.73. The van der Waals surface area contributed by atoms with Gasteiger partial charge in [-0.15, -0.1) is 0 Å². The number of halogens is 1. The third-order valence-electron chi connectivity index (χ3n) is 4.53. The van der Waals surface area contributed by atoms with Crippen molar-refractivity contribution in [1.82, 2.24) is 10.2 Å². The van der Waals surface area contributed by atoms with E-state index in [2.05, 4.69) is 29.1 Å². The van der Waals surface area contributed by atoms with Gasteiger partial charge in [0.2, 0.25) is 0 Å². The number of hydrogen-bond donors (Lipinski definition) is 1. The molecule has 1 aromatic heterocycles. The summed E-state index contributed by atoms with van der Waals surface area (Å²) in [6.07, 6.45) is 2.85. The monoisotopic (exact) mass is 346 g/mol. The third kappa shape index (κ3) is 4.22. The summed E-state index contributed by atoms with van der Waals surface area (Å²) in [5.41, 5.74) is 1.54. The lowest BCUT2D eigenvalue weighted by Crippen LogP contribution is -2.47. The second kappa shape index (κ2) is 7.90. The topological polar surface area (TPSA) is 32.3 Å². The van der Waals surface area contributed by atoms with Gasteiger partial charge < -0.3 is 10.2 Å². The SMILES string of the molecule is C[C@H](Cc1ccsc1)NC1CCN(C(=O)c2ccccc2F)CC1. The molecule has 2 aromatic rings. The molecule has 1 saturated heterocycles. The standard InChI is InChI=1S/C19H23FN2OS/c1-14(12-15-8-11-24-13-15)21-16-6-9-22(10-7-16)19(23)17-4-2-3-5-18(17)20/h2-5,8,11,13-14,16,21H,6-7,9-10,12H2,1H3/t14-/m1/s1. The van der Waals surface area contributed by atoms with Gasteiger partial charge in [-0.05, 0) is 60.7 Å². The molecule has 128 valence electrons. The maximum atomic E-state index is 13.8. The summed E-state index contributed by atoms with van der Waals surface area (Å²) < 4.78 is 13.8. The number of carbonyl (C=O) groups is 1. The minimum absolute atomic E-state index is 0.176. The minimum atomic E-state index is -0.438. The molecule has 0 bridgehead atoms. The van der Waals surface area contributed by atoms with Crippen LogP contribution in [0.4, 0.5) is 4.39 Å². The Bertz CT molecular complexity index is 666. The molecule has 0 radical (unpaired) electrons. The highest BCUT2D eigenvalue weighted by molar-refractivity contribution is 7.07. The fourth-order valence-corrected chi connectivity index (χ4v) is 3.96. The zero-order chi connectivity index (χ0) is 16.9. The number of amides is 1. The number of nitrogens with zero attached hydrogens (tertiary/aromatic N) is 1. The summed E-state index contributed by atoms with van der Waals surface area (Å²) in [6, 6.07) is 9.21. The van der Waals surface area contributed by atoms with Gasteiger partial charge in [0.1, 0.15) is 5.82 Å². The lowest BCUT2D eigenvalue weighted by Gasteiger charge is -2.34. The van der Waals surface area contributed by atoms with Gasteiger partial charge in [0.25, 0.3) is 5.91 Å². The van der Waals surface area contributed by atoms with E-state index in [1.165, 1.54) is 11.6 Å². The van der Waals surface area contributed by atoms with E-state index in [-0.39, 0.29) is 11.5 Å². The van der Waals surface area contributed by atoms with Gasteiger partial charge >= 0.3 is 0 Å². The number of carbonyl (C=O) groups excluding carboxylic acids is 1. The van der Waals surface area contributed by atoms with Gasteiger partial charge in [0.15, 0.2) is 0 Å². The molecule has 1 N–H and O–H groups in total. The van der Waals surface area contributed by atoms with Crippen molar-refractivity contribution in [2.24, 2.45) is 0 Å². The van der Waals surface area contributed by atoms with Gasteiger partial charge in [0.05, 0.1) is 5.56 Å². The molecular weight excluding hydrogens is 323 g/mol. The van der Waals surface area contributed by atoms with Crippen molar-refractivity contribution >= 4 is 17.2 Å². The van der Waals surface area contributed by atoms with Crippen LogP contribution in [0, 0.1) is 5.82 Å². The zero-order valence-electron chi connectivity index (χ0n) is 13.9. The van der Waals surface area contributed by atoms with E-state index in [4.69, 9.17) is 0 Å². The highest BCUT2D eigenvalue weighted by atomic mass is 32.1. The Balaban J connectivity index is 1.49. The zero-order valence-corrected chi connectivity index (χ0v) is 14.7. The van der Waals surface area contributed by atoms with Crippen LogP contribution in [-0.4, -0.2) is 36.0 Å². The molecule has 1 aliphatic heterocycles. The molecule has 1 aromatic carbocycles. The van der Waals surface area contributed by atoms with Crippen molar-refractivity contribution in [2.45, 2.75) is 38.3 Å². The smallest absolute Gasteiger partial charge is 0.256 e. The molecular formula is C19H23FN2OS. The summed E-state index contributed by atoms with van der Waals surface area (Å²) in [5, 5.41) is 7.95. The van der Waals surface area contributed by atoms with Crippen molar-refractivity contribution in [1.29, 1.82) is 0 Å². The normalized spacial score (nSPS) is 17.0. The molecule has 1 amide bonds. The molecule has 0 saturated carbocycles. The van der Waals surface area contributed by atoms with Gasteiger partial charge in [-0.2, -0.15) is 11.3 Å². The summed E-state index contributed by atoms with van der Waals surface area (Å²) in [5.74, 6) is -0.634.